The van der Waals surface area contributed by atoms with E-state index in [9.17, 15) is 40.7 Å². The largest absolute Gasteiger partial charge is 0.463 e. The number of halogens is 6. The monoisotopic (exact) mass is 867 g/mol. The van der Waals surface area contributed by atoms with E-state index in [1.54, 1.807) is 12.1 Å². The van der Waals surface area contributed by atoms with E-state index in [1.165, 1.54) is 111 Å². The lowest BCUT2D eigenvalue weighted by molar-refractivity contribution is -0.279. The Morgan fingerprint density at radius 2 is 1.07 bits per heavy atom. The van der Waals surface area contributed by atoms with Gasteiger partial charge in [0.25, 0.3) is 11.2 Å². The van der Waals surface area contributed by atoms with Crippen LogP contribution in [0.1, 0.15) is 127 Å². The van der Waals surface area contributed by atoms with E-state index in [0.29, 0.717) is 25.8 Å². The number of unbranched alkanes of at least 4 members (excludes halogenated alkanes) is 15. The average Bonchev–Trinajstić information content (AvgIpc) is 3.23. The maximum atomic E-state index is 14.2. The molecule has 2 aromatic carbocycles. The van der Waals surface area contributed by atoms with Crippen molar-refractivity contribution in [2.45, 2.75) is 145 Å². The quantitative estimate of drug-likeness (QED) is 0.0290. The van der Waals surface area contributed by atoms with Crippen molar-refractivity contribution in [2.75, 3.05) is 33.9 Å². The van der Waals surface area contributed by atoms with Crippen molar-refractivity contribution in [1.82, 2.24) is 4.90 Å². The van der Waals surface area contributed by atoms with Gasteiger partial charge in [0.05, 0.1) is 13.2 Å². The lowest BCUT2D eigenvalue weighted by Crippen LogP contribution is -2.54. The fourth-order valence-corrected chi connectivity index (χ4v) is 7.59. The van der Waals surface area contributed by atoms with Crippen LogP contribution in [0, 0.1) is 0 Å². The van der Waals surface area contributed by atoms with E-state index in [1.807, 2.05) is 12.2 Å². The standard InChI is InChI=1S/C47H63F6NO7/c1-58-44(46(48,49)50,38-29-22-20-23-30-38)42(56)60-36-27-19-17-15-13-11-9-7-5-3-4-6-8-10-12-14-16-18-26-34-41(55)54-35-28-33-40(37-54)61-43(57)45(59-2,47(51,52)53)39-31-24-21-25-32-39/h16,18,20-26,29-32,34,40H,3-15,17,19,27-28,33,35-37H2,1-2H3/b18-16-,34-26-/t40-,44+,45+/m1/s1. The molecule has 0 radical (unpaired) electrons. The van der Waals surface area contributed by atoms with Crippen molar-refractivity contribution in [1.29, 1.82) is 0 Å². The summed E-state index contributed by atoms with van der Waals surface area (Å²) < 4.78 is 105. The van der Waals surface area contributed by atoms with Crippen LogP contribution in [0.25, 0.3) is 0 Å². The molecule has 1 heterocycles. The lowest BCUT2D eigenvalue weighted by Gasteiger charge is -2.36. The van der Waals surface area contributed by atoms with Gasteiger partial charge in [-0.15, -0.1) is 0 Å². The second-order valence-electron chi connectivity index (χ2n) is 15.5. The van der Waals surface area contributed by atoms with Crippen molar-refractivity contribution in [3.8, 4) is 0 Å². The van der Waals surface area contributed by atoms with Crippen molar-refractivity contribution in [3.63, 3.8) is 0 Å². The molecule has 3 rings (SSSR count). The number of piperidine rings is 1. The Hall–Kier alpha value is -4.17. The van der Waals surface area contributed by atoms with Crippen LogP contribution < -0.4 is 0 Å². The number of alkyl halides is 6. The maximum Gasteiger partial charge on any atom is 0.432 e. The highest BCUT2D eigenvalue weighted by Crippen LogP contribution is 2.44. The smallest absolute Gasteiger partial charge is 0.432 e. The summed E-state index contributed by atoms with van der Waals surface area (Å²) in [5.41, 5.74) is -7.11. The molecule has 3 atom stereocenters. The van der Waals surface area contributed by atoms with Gasteiger partial charge in [-0.1, -0.05) is 162 Å². The molecule has 1 aliphatic heterocycles. The van der Waals surface area contributed by atoms with Crippen LogP contribution in [0.2, 0.25) is 0 Å². The molecule has 0 aromatic heterocycles. The van der Waals surface area contributed by atoms with Gasteiger partial charge in [-0.25, -0.2) is 9.59 Å². The Morgan fingerprint density at radius 1 is 0.623 bits per heavy atom. The summed E-state index contributed by atoms with van der Waals surface area (Å²) in [7, 11) is 1.69. The topological polar surface area (TPSA) is 91.4 Å². The molecule has 1 saturated heterocycles. The fraction of sp³-hybridized carbons (Fsp3) is 0.596. The van der Waals surface area contributed by atoms with Gasteiger partial charge in [0.15, 0.2) is 0 Å². The van der Waals surface area contributed by atoms with Crippen LogP contribution in [-0.2, 0) is 44.5 Å². The first-order valence-electron chi connectivity index (χ1n) is 21.6. The van der Waals surface area contributed by atoms with Crippen molar-refractivity contribution < 1.29 is 59.7 Å². The molecule has 2 aromatic rings. The molecule has 0 spiro atoms. The molecule has 1 aliphatic rings. The summed E-state index contributed by atoms with van der Waals surface area (Å²) in [6, 6.07) is 13.5. The molecule has 61 heavy (non-hydrogen) atoms. The van der Waals surface area contributed by atoms with Gasteiger partial charge in [0, 0.05) is 38.0 Å². The first kappa shape index (κ1) is 51.2. The minimum atomic E-state index is -5.07. The van der Waals surface area contributed by atoms with E-state index in [0.717, 1.165) is 65.6 Å². The number of amides is 1. The molecule has 14 heteroatoms. The Kier molecular flexibility index (Phi) is 22.1. The van der Waals surface area contributed by atoms with Crippen molar-refractivity contribution in [3.05, 3.63) is 96.1 Å². The van der Waals surface area contributed by atoms with Crippen LogP contribution in [0.15, 0.2) is 85.0 Å². The molecule has 1 fully saturated rings. The number of nitrogens with zero attached hydrogens (tertiary/aromatic N) is 1. The highest BCUT2D eigenvalue weighted by atomic mass is 19.4. The van der Waals surface area contributed by atoms with Gasteiger partial charge >= 0.3 is 24.3 Å². The molecule has 340 valence electrons. The molecule has 0 N–H and O–H groups in total. The molecule has 8 nitrogen and oxygen atoms in total. The Balaban J connectivity index is 1.16. The van der Waals surface area contributed by atoms with Crippen LogP contribution in [0.4, 0.5) is 26.3 Å². The molecule has 0 aliphatic carbocycles. The Labute approximate surface area is 357 Å². The minimum Gasteiger partial charge on any atom is -0.463 e. The van der Waals surface area contributed by atoms with Crippen LogP contribution in [0.5, 0.6) is 0 Å². The average molecular weight is 868 g/mol. The van der Waals surface area contributed by atoms with Gasteiger partial charge in [0.2, 0.25) is 5.91 Å². The molecular weight excluding hydrogens is 805 g/mol. The molecule has 1 amide bonds. The van der Waals surface area contributed by atoms with Crippen molar-refractivity contribution >= 4 is 17.8 Å². The fourth-order valence-electron chi connectivity index (χ4n) is 7.59. The molecule has 0 bridgehead atoms. The first-order chi connectivity index (χ1) is 29.2. The third-order valence-electron chi connectivity index (χ3n) is 11.0. The normalized spacial score (nSPS) is 17.0. The third-order valence-corrected chi connectivity index (χ3v) is 11.0. The van der Waals surface area contributed by atoms with Gasteiger partial charge in [-0.2, -0.15) is 26.3 Å². The minimum absolute atomic E-state index is 0.00689. The molecule has 0 unspecified atom stereocenters. The van der Waals surface area contributed by atoms with Gasteiger partial charge in [-0.05, 0) is 32.1 Å². The second-order valence-corrected chi connectivity index (χ2v) is 15.5. The van der Waals surface area contributed by atoms with Gasteiger partial charge in [0.1, 0.15) is 6.10 Å². The van der Waals surface area contributed by atoms with E-state index >= 15 is 0 Å². The number of ether oxygens (including phenoxy) is 4. The van der Waals surface area contributed by atoms with E-state index in [2.05, 4.69) is 0 Å². The second kappa shape index (κ2) is 26.3. The predicted octanol–water partition coefficient (Wildman–Crippen LogP) is 11.6. The Bertz CT molecular complexity index is 1640. The number of hydrogen-bond acceptors (Lipinski definition) is 7. The number of likely N-dealkylation sites (tertiary alicyclic amines) is 1. The van der Waals surface area contributed by atoms with E-state index in [-0.39, 0.29) is 30.2 Å². The lowest BCUT2D eigenvalue weighted by atomic mass is 9.92. The van der Waals surface area contributed by atoms with Crippen LogP contribution >= 0.6 is 0 Å². The van der Waals surface area contributed by atoms with Gasteiger partial charge < -0.3 is 23.8 Å². The summed E-state index contributed by atoms with van der Waals surface area (Å²) in [6.07, 6.45) is 13.7. The number of esters is 2. The number of carbonyl (C=O) groups is 3. The van der Waals surface area contributed by atoms with Crippen LogP contribution in [0.3, 0.4) is 0 Å². The van der Waals surface area contributed by atoms with E-state index in [4.69, 9.17) is 18.9 Å². The summed E-state index contributed by atoms with van der Waals surface area (Å²) >= 11 is 0. The first-order valence-corrected chi connectivity index (χ1v) is 21.6. The number of methoxy groups -OCH3 is 2. The number of carbonyl (C=O) groups excluding carboxylic acids is 3. The predicted molar refractivity (Wildman–Crippen MR) is 221 cm³/mol. The highest BCUT2D eigenvalue weighted by Gasteiger charge is 2.65. The zero-order valence-corrected chi connectivity index (χ0v) is 35.6. The van der Waals surface area contributed by atoms with Gasteiger partial charge in [-0.3, -0.25) is 4.79 Å². The summed E-state index contributed by atoms with van der Waals surface area (Å²) in [5.74, 6) is -3.30. The number of rotatable bonds is 27. The molecular formula is C47H63F6NO7. The number of allylic oxidation sites excluding steroid dienone is 3. The SMILES string of the molecule is CO[C@](C(=O)OCCCCCCCCCCCCCCCCC/C=C\C=C/C(=O)N1CCC[C@@H](OC(=O)[C@@](OC)(c2ccccc2)C(F)(F)F)C1)(c1ccccc1)C(F)(F)F. The number of benzene rings is 2. The zero-order chi connectivity index (χ0) is 44.6. The third kappa shape index (κ3) is 15.3. The highest BCUT2D eigenvalue weighted by molar-refractivity contribution is 5.88. The van der Waals surface area contributed by atoms with Crippen LogP contribution in [-0.4, -0.2) is 75.1 Å². The molecule has 0 saturated carbocycles. The maximum absolute atomic E-state index is 14.2. The zero-order valence-electron chi connectivity index (χ0n) is 35.6. The summed E-state index contributed by atoms with van der Waals surface area (Å²) in [6.45, 7) is 0.317. The van der Waals surface area contributed by atoms with Crippen molar-refractivity contribution in [2.24, 2.45) is 0 Å². The summed E-state index contributed by atoms with van der Waals surface area (Å²) in [4.78, 5) is 39.8. The Morgan fingerprint density at radius 3 is 1.52 bits per heavy atom. The number of hydrogen-bond donors (Lipinski definition) is 0. The summed E-state index contributed by atoms with van der Waals surface area (Å²) in [5, 5.41) is 0. The van der Waals surface area contributed by atoms with E-state index < -0.39 is 41.6 Å².